The maximum Gasteiger partial charge on any atom is 0.477 e. The fourth-order valence-corrected chi connectivity index (χ4v) is 0.259. The molecule has 0 aromatic heterocycles. The van der Waals surface area contributed by atoms with Crippen LogP contribution in [0.25, 0.3) is 0 Å². The van der Waals surface area contributed by atoms with Gasteiger partial charge in [-0.2, -0.15) is 17.6 Å². The highest BCUT2D eigenvalue weighted by Gasteiger charge is 2.57. The summed E-state index contributed by atoms with van der Waals surface area (Å²) in [6.45, 7) is -2.09. The molecule has 3 nitrogen and oxygen atoms in total. The summed E-state index contributed by atoms with van der Waals surface area (Å²) in [7, 11) is 0. The molecule has 0 aromatic carbocycles. The zero-order valence-corrected chi connectivity index (χ0v) is 5.19. The second kappa shape index (κ2) is 3.33. The summed E-state index contributed by atoms with van der Waals surface area (Å²) in [6, 6.07) is -4.71. The Kier molecular flexibility index (Phi) is 3.21. The van der Waals surface area contributed by atoms with Gasteiger partial charge >= 0.3 is 12.2 Å². The highest BCUT2D eigenvalue weighted by atomic mass is 19.4. The Hall–Kier alpha value is -0.400. The van der Waals surface area contributed by atoms with Gasteiger partial charge < -0.3 is 9.84 Å². The van der Waals surface area contributed by atoms with Crippen molar-refractivity contribution in [3.63, 3.8) is 0 Å². The van der Waals surface area contributed by atoms with E-state index in [2.05, 4.69) is 4.74 Å². The van der Waals surface area contributed by atoms with Crippen molar-refractivity contribution in [2.45, 2.75) is 12.2 Å². The summed E-state index contributed by atoms with van der Waals surface area (Å²) < 4.78 is 49.0. The van der Waals surface area contributed by atoms with Gasteiger partial charge in [-0.3, -0.25) is 0 Å². The van der Waals surface area contributed by atoms with Crippen LogP contribution in [0, 0.1) is 0 Å². The third kappa shape index (κ3) is 3.00. The molecule has 1 radical (unpaired) electrons. The van der Waals surface area contributed by atoms with Crippen molar-refractivity contribution in [2.75, 3.05) is 13.2 Å². The summed E-state index contributed by atoms with van der Waals surface area (Å²) in [6.07, 6.45) is -5.53. The van der Waals surface area contributed by atoms with Crippen LogP contribution in [0.15, 0.2) is 0 Å². The van der Waals surface area contributed by atoms with Crippen molar-refractivity contribution in [2.24, 2.45) is 0 Å². The first-order valence-electron chi connectivity index (χ1n) is 2.51. The lowest BCUT2D eigenvalue weighted by Gasteiger charge is -2.20. The van der Waals surface area contributed by atoms with Crippen molar-refractivity contribution in [1.82, 2.24) is 0 Å². The number of rotatable bonds is 3. The number of hydrogen-bond donors (Lipinski definition) is 1. The van der Waals surface area contributed by atoms with Gasteiger partial charge in [0.1, 0.15) is 6.61 Å². The number of hydrogen-bond acceptors (Lipinski definition) is 2. The quantitative estimate of drug-likeness (QED) is 0.507. The molecule has 0 saturated carbocycles. The van der Waals surface area contributed by atoms with Gasteiger partial charge in [-0.05, 0) is 0 Å². The van der Waals surface area contributed by atoms with Gasteiger partial charge in [0, 0.05) is 0 Å². The van der Waals surface area contributed by atoms with E-state index in [0.717, 1.165) is 0 Å². The van der Waals surface area contributed by atoms with E-state index >= 15 is 0 Å². The Balaban J connectivity index is 4.00. The molecule has 0 bridgehead atoms. The Labute approximate surface area is 59.2 Å². The van der Waals surface area contributed by atoms with Crippen molar-refractivity contribution in [3.8, 4) is 0 Å². The molecule has 0 fully saturated rings. The summed E-state index contributed by atoms with van der Waals surface area (Å²) in [5.41, 5.74) is 0. The standard InChI is InChI=1S/C4H5F4O3/c5-3(6,7)4(8,10)11-2-1-9/h10H,1-2H2. The maximum atomic E-state index is 11.9. The topological polar surface area (TPSA) is 49.4 Å². The predicted molar refractivity (Wildman–Crippen MR) is 23.6 cm³/mol. The van der Waals surface area contributed by atoms with Crippen LogP contribution < -0.4 is 0 Å². The van der Waals surface area contributed by atoms with Gasteiger partial charge in [-0.25, -0.2) is 5.11 Å². The molecule has 0 aliphatic heterocycles. The predicted octanol–water partition coefficient (Wildman–Crippen LogP) is 0.611. The molecule has 67 valence electrons. The van der Waals surface area contributed by atoms with Gasteiger partial charge in [0.25, 0.3) is 0 Å². The highest BCUT2D eigenvalue weighted by molar-refractivity contribution is 4.62. The normalized spacial score (nSPS) is 18.0. The molecule has 0 amide bonds. The summed E-state index contributed by atoms with van der Waals surface area (Å²) in [5, 5.41) is 17.4. The SMILES string of the molecule is [O]CCOC(O)(F)C(F)(F)F. The first kappa shape index (κ1) is 10.6. The van der Waals surface area contributed by atoms with E-state index in [1.165, 1.54) is 0 Å². The van der Waals surface area contributed by atoms with Crippen molar-refractivity contribution in [1.29, 1.82) is 0 Å². The van der Waals surface area contributed by atoms with E-state index in [4.69, 9.17) is 5.11 Å². The summed E-state index contributed by atoms with van der Waals surface area (Å²) in [5.74, 6) is 0. The zero-order chi connectivity index (χ0) is 9.12. The van der Waals surface area contributed by atoms with Gasteiger partial charge in [0.15, 0.2) is 0 Å². The minimum absolute atomic E-state index is 1.04. The van der Waals surface area contributed by atoms with E-state index < -0.39 is 25.4 Å². The number of alkyl halides is 4. The molecular formula is C4H5F4O3. The lowest BCUT2D eigenvalue weighted by Crippen LogP contribution is -2.43. The highest BCUT2D eigenvalue weighted by Crippen LogP contribution is 2.32. The van der Waals surface area contributed by atoms with Crippen LogP contribution >= 0.6 is 0 Å². The molecule has 0 rings (SSSR count). The van der Waals surface area contributed by atoms with Crippen LogP contribution in [0.3, 0.4) is 0 Å². The van der Waals surface area contributed by atoms with Crippen molar-refractivity contribution >= 4 is 0 Å². The third-order valence-corrected chi connectivity index (χ3v) is 0.726. The molecule has 0 aromatic rings. The second-order valence-electron chi connectivity index (χ2n) is 1.61. The Morgan fingerprint density at radius 2 is 1.73 bits per heavy atom. The van der Waals surface area contributed by atoms with Crippen LogP contribution in [0.5, 0.6) is 0 Å². The molecule has 1 unspecified atom stereocenters. The largest absolute Gasteiger partial charge is 0.477 e. The smallest absolute Gasteiger partial charge is 0.333 e. The van der Waals surface area contributed by atoms with E-state index in [1.807, 2.05) is 0 Å². The molecule has 0 saturated heterocycles. The summed E-state index contributed by atoms with van der Waals surface area (Å²) in [4.78, 5) is 0. The van der Waals surface area contributed by atoms with Gasteiger partial charge in [0.2, 0.25) is 0 Å². The molecule has 0 aliphatic rings. The van der Waals surface area contributed by atoms with E-state index in [9.17, 15) is 22.7 Å². The van der Waals surface area contributed by atoms with Crippen LogP contribution in [0.4, 0.5) is 17.6 Å². The average Bonchev–Trinajstić information content (AvgIpc) is 1.81. The first-order valence-corrected chi connectivity index (χ1v) is 2.51. The minimum Gasteiger partial charge on any atom is -0.333 e. The Bertz CT molecular complexity index is 121. The second-order valence-corrected chi connectivity index (χ2v) is 1.61. The Morgan fingerprint density at radius 1 is 1.27 bits per heavy atom. The molecule has 7 heteroatoms. The number of aliphatic hydroxyl groups is 1. The van der Waals surface area contributed by atoms with Crippen LogP contribution in [-0.4, -0.2) is 30.5 Å². The van der Waals surface area contributed by atoms with Crippen molar-refractivity contribution < 1.29 is 32.5 Å². The summed E-state index contributed by atoms with van der Waals surface area (Å²) >= 11 is 0. The number of halogens is 4. The Morgan fingerprint density at radius 3 is 2.00 bits per heavy atom. The third-order valence-electron chi connectivity index (χ3n) is 0.726. The van der Waals surface area contributed by atoms with E-state index in [1.54, 1.807) is 0 Å². The fourth-order valence-electron chi connectivity index (χ4n) is 0.259. The van der Waals surface area contributed by atoms with Gasteiger partial charge in [0.05, 0.1) is 6.61 Å². The van der Waals surface area contributed by atoms with E-state index in [0.29, 0.717) is 0 Å². The molecule has 1 N–H and O–H groups in total. The molecular weight excluding hydrogens is 172 g/mol. The van der Waals surface area contributed by atoms with Gasteiger partial charge in [-0.15, -0.1) is 0 Å². The van der Waals surface area contributed by atoms with Crippen LogP contribution in [0.2, 0.25) is 0 Å². The van der Waals surface area contributed by atoms with Crippen LogP contribution in [-0.2, 0) is 9.84 Å². The molecule has 11 heavy (non-hydrogen) atoms. The monoisotopic (exact) mass is 177 g/mol. The first-order chi connectivity index (χ1) is 4.81. The molecule has 0 aliphatic carbocycles. The average molecular weight is 177 g/mol. The molecule has 1 atom stereocenters. The maximum absolute atomic E-state index is 11.9. The lowest BCUT2D eigenvalue weighted by molar-refractivity contribution is -0.425. The zero-order valence-electron chi connectivity index (χ0n) is 5.19. The number of ether oxygens (including phenoxy) is 1. The minimum atomic E-state index is -5.53. The van der Waals surface area contributed by atoms with Crippen molar-refractivity contribution in [3.05, 3.63) is 0 Å². The molecule has 0 heterocycles. The fraction of sp³-hybridized carbons (Fsp3) is 1.00. The molecule has 0 spiro atoms. The van der Waals surface area contributed by atoms with Crippen LogP contribution in [0.1, 0.15) is 0 Å². The van der Waals surface area contributed by atoms with E-state index in [-0.39, 0.29) is 0 Å². The lowest BCUT2D eigenvalue weighted by atomic mass is 10.6. The van der Waals surface area contributed by atoms with Gasteiger partial charge in [-0.1, -0.05) is 0 Å².